The second-order valence-corrected chi connectivity index (χ2v) is 10.2. The minimum atomic E-state index is -0.801. The van der Waals surface area contributed by atoms with Gasteiger partial charge >= 0.3 is 0 Å². The average Bonchev–Trinajstić information content (AvgIpc) is 3.28. The summed E-state index contributed by atoms with van der Waals surface area (Å²) in [5.74, 6) is 0.250. The van der Waals surface area contributed by atoms with Crippen LogP contribution in [0.25, 0.3) is 0 Å². The van der Waals surface area contributed by atoms with Gasteiger partial charge in [-0.3, -0.25) is 4.79 Å². The summed E-state index contributed by atoms with van der Waals surface area (Å²) >= 11 is 7.73. The first-order valence-corrected chi connectivity index (χ1v) is 13.1. The Morgan fingerprint density at radius 2 is 1.84 bits per heavy atom. The number of carbonyl (C=O) groups excluding carboxylic acids is 1. The number of aryl methyl sites for hydroxylation is 1. The molecule has 0 fully saturated rings. The third kappa shape index (κ3) is 4.99. The molecule has 5 rings (SSSR count). The number of benzene rings is 3. The molecule has 6 nitrogen and oxygen atoms in total. The van der Waals surface area contributed by atoms with Crippen molar-refractivity contribution in [3.8, 4) is 0 Å². The van der Waals surface area contributed by atoms with Crippen LogP contribution in [0, 0.1) is 19.7 Å². The van der Waals surface area contributed by atoms with E-state index >= 15 is 4.39 Å². The molecule has 2 N–H and O–H groups in total. The lowest BCUT2D eigenvalue weighted by Gasteiger charge is -2.29. The van der Waals surface area contributed by atoms with Gasteiger partial charge in [0.15, 0.2) is 0 Å². The van der Waals surface area contributed by atoms with Gasteiger partial charge in [0, 0.05) is 27.7 Å². The van der Waals surface area contributed by atoms with E-state index in [4.69, 9.17) is 11.6 Å². The van der Waals surface area contributed by atoms with Crippen molar-refractivity contribution in [2.45, 2.75) is 37.7 Å². The number of amides is 1. The molecule has 9 heteroatoms. The second-order valence-electron chi connectivity index (χ2n) is 8.83. The van der Waals surface area contributed by atoms with Gasteiger partial charge in [0.1, 0.15) is 11.9 Å². The maximum atomic E-state index is 15.1. The van der Waals surface area contributed by atoms with Crippen LogP contribution in [0.1, 0.15) is 35.2 Å². The minimum Gasteiger partial charge on any atom is -0.328 e. The molecule has 2 heterocycles. The highest BCUT2D eigenvalue weighted by molar-refractivity contribution is 7.98. The molecule has 1 atom stereocenters. The monoisotopic (exact) mass is 533 g/mol. The van der Waals surface area contributed by atoms with E-state index in [1.807, 2.05) is 56.3 Å². The van der Waals surface area contributed by atoms with Crippen LogP contribution in [0.3, 0.4) is 0 Å². The number of halogens is 2. The lowest BCUT2D eigenvalue weighted by molar-refractivity contribution is -0.113. The Labute approximate surface area is 224 Å². The Balaban J connectivity index is 1.52. The van der Waals surface area contributed by atoms with Crippen LogP contribution in [0.4, 0.5) is 16.0 Å². The molecule has 0 saturated carbocycles. The summed E-state index contributed by atoms with van der Waals surface area (Å²) < 4.78 is 16.7. The summed E-state index contributed by atoms with van der Waals surface area (Å²) in [6.45, 7) is 5.74. The first-order valence-electron chi connectivity index (χ1n) is 11.8. The van der Waals surface area contributed by atoms with Crippen molar-refractivity contribution < 1.29 is 9.18 Å². The van der Waals surface area contributed by atoms with Gasteiger partial charge in [-0.25, -0.2) is 9.07 Å². The maximum Gasteiger partial charge on any atom is 0.255 e. The van der Waals surface area contributed by atoms with Crippen LogP contribution < -0.4 is 10.6 Å². The van der Waals surface area contributed by atoms with Crippen LogP contribution >= 0.6 is 23.4 Å². The van der Waals surface area contributed by atoms with E-state index in [0.29, 0.717) is 44.4 Å². The van der Waals surface area contributed by atoms with Gasteiger partial charge in [-0.05, 0) is 55.7 Å². The third-order valence-corrected chi connectivity index (χ3v) is 7.70. The molecule has 1 unspecified atom stereocenters. The van der Waals surface area contributed by atoms with Gasteiger partial charge in [-0.2, -0.15) is 4.98 Å². The van der Waals surface area contributed by atoms with E-state index in [-0.39, 0.29) is 5.91 Å². The van der Waals surface area contributed by atoms with Gasteiger partial charge < -0.3 is 10.6 Å². The number of carbonyl (C=O) groups is 1. The first-order chi connectivity index (χ1) is 17.8. The van der Waals surface area contributed by atoms with Crippen molar-refractivity contribution in [3.63, 3.8) is 0 Å². The fraction of sp³-hybridized carbons (Fsp3) is 0.179. The summed E-state index contributed by atoms with van der Waals surface area (Å²) in [5, 5.41) is 12.1. The Kier molecular flexibility index (Phi) is 7.04. The number of nitrogens with one attached hydrogen (secondary N) is 2. The summed E-state index contributed by atoms with van der Waals surface area (Å²) in [4.78, 5) is 18.3. The molecular weight excluding hydrogens is 509 g/mol. The molecule has 1 aliphatic heterocycles. The lowest BCUT2D eigenvalue weighted by atomic mass is 9.94. The molecule has 4 aromatic rings. The molecule has 37 heavy (non-hydrogen) atoms. The molecular formula is C28H25ClFN5OS. The van der Waals surface area contributed by atoms with Gasteiger partial charge in [0.25, 0.3) is 5.91 Å². The Morgan fingerprint density at radius 1 is 1.08 bits per heavy atom. The molecule has 188 valence electrons. The van der Waals surface area contributed by atoms with Crippen molar-refractivity contribution in [1.29, 1.82) is 0 Å². The Morgan fingerprint density at radius 3 is 2.62 bits per heavy atom. The van der Waals surface area contributed by atoms with Gasteiger partial charge in [0.2, 0.25) is 11.1 Å². The van der Waals surface area contributed by atoms with E-state index in [0.717, 1.165) is 16.7 Å². The molecule has 1 aromatic heterocycles. The molecule has 1 aliphatic rings. The molecule has 1 amide bonds. The SMILES string of the molecule is CC1=C(C(=O)Nc2cccc(C)c2C)C(c2ccccc2F)n2nc(SCc3ccccc3Cl)nc2N1. The zero-order valence-corrected chi connectivity index (χ0v) is 22.1. The maximum absolute atomic E-state index is 15.1. The Hall–Kier alpha value is -3.62. The van der Waals surface area contributed by atoms with Crippen molar-refractivity contribution in [1.82, 2.24) is 14.8 Å². The molecule has 0 bridgehead atoms. The summed E-state index contributed by atoms with van der Waals surface area (Å²) in [6.07, 6.45) is 0. The highest BCUT2D eigenvalue weighted by Gasteiger charge is 2.36. The minimum absolute atomic E-state index is 0.335. The first kappa shape index (κ1) is 25.0. The number of fused-ring (bicyclic) bond motifs is 1. The topological polar surface area (TPSA) is 71.8 Å². The zero-order valence-electron chi connectivity index (χ0n) is 20.5. The molecule has 0 aliphatic carbocycles. The van der Waals surface area contributed by atoms with Gasteiger partial charge in [-0.15, -0.1) is 5.10 Å². The summed E-state index contributed by atoms with van der Waals surface area (Å²) in [7, 11) is 0. The number of allylic oxidation sites excluding steroid dienone is 1. The fourth-order valence-corrected chi connectivity index (χ4v) is 5.42. The molecule has 0 spiro atoms. The normalized spacial score (nSPS) is 14.8. The number of rotatable bonds is 6. The Bertz CT molecular complexity index is 1530. The van der Waals surface area contributed by atoms with E-state index in [9.17, 15) is 4.79 Å². The predicted octanol–water partition coefficient (Wildman–Crippen LogP) is 6.91. The molecule has 3 aromatic carbocycles. The standard InChI is InChI=1S/C28H25ClFN5OS/c1-16-9-8-14-23(17(16)2)32-26(36)24-18(3)31-27-33-28(37-15-19-10-4-6-12-21(19)29)34-35(27)25(24)20-11-5-7-13-22(20)30/h4-14,25H,15H2,1-3H3,(H,32,36)(H,31,33,34). The fourth-order valence-electron chi connectivity index (χ4n) is 4.30. The van der Waals surface area contributed by atoms with Crippen LogP contribution in [-0.2, 0) is 10.5 Å². The molecule has 0 saturated heterocycles. The number of hydrogen-bond acceptors (Lipinski definition) is 5. The van der Waals surface area contributed by atoms with Crippen molar-refractivity contribution in [2.75, 3.05) is 10.6 Å². The highest BCUT2D eigenvalue weighted by Crippen LogP contribution is 2.38. The molecule has 0 radical (unpaired) electrons. The second kappa shape index (κ2) is 10.4. The van der Waals surface area contributed by atoms with Crippen LogP contribution in [0.5, 0.6) is 0 Å². The zero-order chi connectivity index (χ0) is 26.1. The predicted molar refractivity (Wildman–Crippen MR) is 146 cm³/mol. The number of nitrogens with zero attached hydrogens (tertiary/aromatic N) is 3. The van der Waals surface area contributed by atoms with E-state index < -0.39 is 11.9 Å². The number of aromatic nitrogens is 3. The summed E-state index contributed by atoms with van der Waals surface area (Å²) in [6, 6.07) is 19.0. The number of anilines is 2. The largest absolute Gasteiger partial charge is 0.328 e. The van der Waals surface area contributed by atoms with E-state index in [1.54, 1.807) is 29.8 Å². The quantitative estimate of drug-likeness (QED) is 0.263. The van der Waals surface area contributed by atoms with Crippen molar-refractivity contribution in [3.05, 3.63) is 111 Å². The van der Waals surface area contributed by atoms with Crippen LogP contribution in [0.15, 0.2) is 83.2 Å². The van der Waals surface area contributed by atoms with Gasteiger partial charge in [0.05, 0.1) is 5.57 Å². The van der Waals surface area contributed by atoms with Crippen LogP contribution in [-0.4, -0.2) is 20.7 Å². The third-order valence-electron chi connectivity index (χ3n) is 6.45. The summed E-state index contributed by atoms with van der Waals surface area (Å²) in [5.41, 5.74) is 4.99. The van der Waals surface area contributed by atoms with Crippen molar-refractivity contribution in [2.24, 2.45) is 0 Å². The van der Waals surface area contributed by atoms with E-state index in [2.05, 4.69) is 20.7 Å². The highest BCUT2D eigenvalue weighted by atomic mass is 35.5. The van der Waals surface area contributed by atoms with Gasteiger partial charge in [-0.1, -0.05) is 71.9 Å². The smallest absolute Gasteiger partial charge is 0.255 e. The van der Waals surface area contributed by atoms with E-state index in [1.165, 1.54) is 17.8 Å². The lowest BCUT2D eigenvalue weighted by Crippen LogP contribution is -2.32. The number of hydrogen-bond donors (Lipinski definition) is 2. The number of thioether (sulfide) groups is 1. The van der Waals surface area contributed by atoms with Crippen molar-refractivity contribution >= 4 is 40.9 Å². The average molecular weight is 534 g/mol. The van der Waals surface area contributed by atoms with Crippen LogP contribution in [0.2, 0.25) is 5.02 Å².